The Morgan fingerprint density at radius 3 is 2.11 bits per heavy atom. The zero-order valence-corrected chi connectivity index (χ0v) is 11.6. The topological polar surface area (TPSA) is 17.1 Å². The minimum Gasteiger partial charge on any atom is -0.300 e. The van der Waals surface area contributed by atoms with Crippen LogP contribution in [0.2, 0.25) is 0 Å². The molecule has 0 heterocycles. The highest BCUT2D eigenvalue weighted by Crippen LogP contribution is 2.28. The molecule has 2 rings (SSSR count). The number of hydrogen-bond donors (Lipinski definition) is 0. The summed E-state index contributed by atoms with van der Waals surface area (Å²) in [5, 5.41) is 0. The molecule has 0 saturated heterocycles. The number of aryl methyl sites for hydroxylation is 1. The first kappa shape index (κ1) is 13.5. The van der Waals surface area contributed by atoms with Crippen LogP contribution in [0.3, 0.4) is 0 Å². The molecule has 0 aliphatic heterocycles. The summed E-state index contributed by atoms with van der Waals surface area (Å²) in [4.78, 5) is 11.8. The first-order valence-electron chi connectivity index (χ1n) is 6.84. The van der Waals surface area contributed by atoms with Gasteiger partial charge in [0.05, 0.1) is 0 Å². The van der Waals surface area contributed by atoms with E-state index in [0.717, 1.165) is 0 Å². The van der Waals surface area contributed by atoms with Crippen LogP contribution < -0.4 is 0 Å². The minimum absolute atomic E-state index is 0.175. The van der Waals surface area contributed by atoms with Crippen molar-refractivity contribution in [3.05, 3.63) is 71.3 Å². The fraction of sp³-hybridized carbons (Fsp3) is 0.278. The first-order chi connectivity index (χ1) is 9.20. The molecule has 0 fully saturated rings. The molecular weight excluding hydrogens is 232 g/mol. The molecule has 0 aliphatic carbocycles. The second-order valence-electron chi connectivity index (χ2n) is 4.97. The summed E-state index contributed by atoms with van der Waals surface area (Å²) >= 11 is 0. The molecular formula is C18H20O. The van der Waals surface area contributed by atoms with Gasteiger partial charge in [-0.3, -0.25) is 4.79 Å². The van der Waals surface area contributed by atoms with Gasteiger partial charge in [-0.1, -0.05) is 67.1 Å². The van der Waals surface area contributed by atoms with E-state index in [1.807, 2.05) is 25.1 Å². The molecule has 19 heavy (non-hydrogen) atoms. The normalized spacial score (nSPS) is 12.1. The molecule has 1 unspecified atom stereocenters. The zero-order chi connectivity index (χ0) is 13.7. The molecule has 2 aromatic rings. The Morgan fingerprint density at radius 2 is 1.53 bits per heavy atom. The largest absolute Gasteiger partial charge is 0.300 e. The van der Waals surface area contributed by atoms with Gasteiger partial charge in [0.2, 0.25) is 0 Å². The molecule has 0 saturated carbocycles. The summed E-state index contributed by atoms with van der Waals surface area (Å²) in [6.45, 7) is 4.01. The maximum absolute atomic E-state index is 11.8. The van der Waals surface area contributed by atoms with Crippen LogP contribution in [0.4, 0.5) is 0 Å². The van der Waals surface area contributed by atoms with E-state index in [1.165, 1.54) is 16.7 Å². The van der Waals surface area contributed by atoms with Gasteiger partial charge in [-0.05, 0) is 18.1 Å². The average molecular weight is 252 g/mol. The van der Waals surface area contributed by atoms with Crippen LogP contribution in [0.5, 0.6) is 0 Å². The van der Waals surface area contributed by atoms with Crippen molar-refractivity contribution in [2.45, 2.75) is 32.6 Å². The lowest BCUT2D eigenvalue weighted by molar-refractivity contribution is -0.118. The summed E-state index contributed by atoms with van der Waals surface area (Å²) in [5.74, 6) is 0.490. The van der Waals surface area contributed by atoms with Crippen LogP contribution in [0, 0.1) is 6.92 Å². The summed E-state index contributed by atoms with van der Waals surface area (Å²) in [6, 6.07) is 18.8. The molecule has 1 atom stereocenters. The van der Waals surface area contributed by atoms with Crippen molar-refractivity contribution in [1.29, 1.82) is 0 Å². The van der Waals surface area contributed by atoms with Crippen molar-refractivity contribution in [2.24, 2.45) is 0 Å². The lowest BCUT2D eigenvalue weighted by Gasteiger charge is -2.17. The Labute approximate surface area is 115 Å². The predicted octanol–water partition coefficient (Wildman–Crippen LogP) is 4.50. The van der Waals surface area contributed by atoms with Gasteiger partial charge in [-0.2, -0.15) is 0 Å². The van der Waals surface area contributed by atoms with Gasteiger partial charge in [-0.15, -0.1) is 0 Å². The number of carbonyl (C=O) groups is 1. The first-order valence-corrected chi connectivity index (χ1v) is 6.84. The SMILES string of the molecule is CCC(=O)CC(c1ccccc1)c1ccc(C)cc1. The van der Waals surface area contributed by atoms with E-state index in [4.69, 9.17) is 0 Å². The average Bonchev–Trinajstić information content (AvgIpc) is 2.46. The van der Waals surface area contributed by atoms with E-state index in [-0.39, 0.29) is 5.92 Å². The van der Waals surface area contributed by atoms with Crippen molar-refractivity contribution >= 4 is 5.78 Å². The fourth-order valence-electron chi connectivity index (χ4n) is 2.28. The molecule has 0 N–H and O–H groups in total. The van der Waals surface area contributed by atoms with Crippen LogP contribution in [-0.2, 0) is 4.79 Å². The Kier molecular flexibility index (Phi) is 4.51. The summed E-state index contributed by atoms with van der Waals surface area (Å²) < 4.78 is 0. The van der Waals surface area contributed by atoms with E-state index in [9.17, 15) is 4.79 Å². The van der Waals surface area contributed by atoms with E-state index >= 15 is 0 Å². The van der Waals surface area contributed by atoms with E-state index in [1.54, 1.807) is 0 Å². The van der Waals surface area contributed by atoms with Crippen molar-refractivity contribution in [3.8, 4) is 0 Å². The third-order valence-corrected chi connectivity index (χ3v) is 3.51. The number of rotatable bonds is 5. The van der Waals surface area contributed by atoms with Gasteiger partial charge < -0.3 is 0 Å². The highest BCUT2D eigenvalue weighted by molar-refractivity contribution is 5.79. The molecule has 0 spiro atoms. The molecule has 98 valence electrons. The van der Waals surface area contributed by atoms with Gasteiger partial charge in [0.25, 0.3) is 0 Å². The second kappa shape index (κ2) is 6.33. The Balaban J connectivity index is 2.34. The maximum Gasteiger partial charge on any atom is 0.133 e. The summed E-state index contributed by atoms with van der Waals surface area (Å²) in [6.07, 6.45) is 1.19. The number of carbonyl (C=O) groups excluding carboxylic acids is 1. The molecule has 1 heteroatoms. The quantitative estimate of drug-likeness (QED) is 0.766. The zero-order valence-electron chi connectivity index (χ0n) is 11.6. The van der Waals surface area contributed by atoms with Crippen LogP contribution >= 0.6 is 0 Å². The molecule has 0 bridgehead atoms. The fourth-order valence-corrected chi connectivity index (χ4v) is 2.28. The van der Waals surface area contributed by atoms with E-state index in [0.29, 0.717) is 18.6 Å². The number of benzene rings is 2. The van der Waals surface area contributed by atoms with E-state index in [2.05, 4.69) is 43.3 Å². The van der Waals surface area contributed by atoms with Gasteiger partial charge >= 0.3 is 0 Å². The smallest absolute Gasteiger partial charge is 0.133 e. The van der Waals surface area contributed by atoms with Gasteiger partial charge in [0, 0.05) is 18.8 Å². The highest BCUT2D eigenvalue weighted by atomic mass is 16.1. The maximum atomic E-state index is 11.8. The van der Waals surface area contributed by atoms with Gasteiger partial charge in [0.1, 0.15) is 5.78 Å². The standard InChI is InChI=1S/C18H20O/c1-3-17(19)13-18(15-7-5-4-6-8-15)16-11-9-14(2)10-12-16/h4-12,18H,3,13H2,1-2H3. The second-order valence-corrected chi connectivity index (χ2v) is 4.97. The van der Waals surface area contributed by atoms with Gasteiger partial charge in [0.15, 0.2) is 0 Å². The van der Waals surface area contributed by atoms with E-state index < -0.39 is 0 Å². The third-order valence-electron chi connectivity index (χ3n) is 3.51. The molecule has 0 aromatic heterocycles. The third kappa shape index (κ3) is 3.54. The highest BCUT2D eigenvalue weighted by Gasteiger charge is 2.16. The molecule has 0 amide bonds. The molecule has 2 aromatic carbocycles. The van der Waals surface area contributed by atoms with Crippen LogP contribution in [0.1, 0.15) is 42.4 Å². The molecule has 1 nitrogen and oxygen atoms in total. The lowest BCUT2D eigenvalue weighted by Crippen LogP contribution is -2.08. The lowest BCUT2D eigenvalue weighted by atomic mass is 9.86. The Hall–Kier alpha value is -1.89. The van der Waals surface area contributed by atoms with Gasteiger partial charge in [-0.25, -0.2) is 0 Å². The Bertz CT molecular complexity index is 525. The Morgan fingerprint density at radius 1 is 0.947 bits per heavy atom. The van der Waals surface area contributed by atoms with Crippen LogP contribution in [-0.4, -0.2) is 5.78 Å². The van der Waals surface area contributed by atoms with Crippen LogP contribution in [0.15, 0.2) is 54.6 Å². The van der Waals surface area contributed by atoms with Crippen molar-refractivity contribution < 1.29 is 4.79 Å². The number of ketones is 1. The predicted molar refractivity (Wildman–Crippen MR) is 79.4 cm³/mol. The monoisotopic (exact) mass is 252 g/mol. The number of Topliss-reactive ketones (excluding diaryl/α,β-unsaturated/α-hetero) is 1. The van der Waals surface area contributed by atoms with Crippen LogP contribution in [0.25, 0.3) is 0 Å². The molecule has 0 aliphatic rings. The number of hydrogen-bond acceptors (Lipinski definition) is 1. The summed E-state index contributed by atoms with van der Waals surface area (Å²) in [7, 11) is 0. The minimum atomic E-state index is 0.175. The van der Waals surface area contributed by atoms with Crippen molar-refractivity contribution in [2.75, 3.05) is 0 Å². The molecule has 0 radical (unpaired) electrons. The summed E-state index contributed by atoms with van der Waals surface area (Å²) in [5.41, 5.74) is 3.68. The van der Waals surface area contributed by atoms with Crippen molar-refractivity contribution in [3.63, 3.8) is 0 Å². The van der Waals surface area contributed by atoms with Crippen molar-refractivity contribution in [1.82, 2.24) is 0 Å².